The lowest BCUT2D eigenvalue weighted by Crippen LogP contribution is -2.26. The normalized spacial score (nSPS) is 12.0. The van der Waals surface area contributed by atoms with Crippen molar-refractivity contribution in [3.63, 3.8) is 0 Å². The van der Waals surface area contributed by atoms with Crippen LogP contribution in [-0.2, 0) is 4.79 Å². The molecule has 1 aromatic rings. The highest BCUT2D eigenvalue weighted by atomic mass is 127. The topological polar surface area (TPSA) is 86.6 Å². The number of rotatable bonds is 7. The summed E-state index contributed by atoms with van der Waals surface area (Å²) in [4.78, 5) is 22.5. The van der Waals surface area contributed by atoms with Gasteiger partial charge in [0.25, 0.3) is 5.91 Å². The number of carbonyl (C=O) groups is 2. The Bertz CT molecular complexity index is 534. The van der Waals surface area contributed by atoms with Gasteiger partial charge in [0.2, 0.25) is 0 Å². The maximum absolute atomic E-state index is 12.0. The van der Waals surface area contributed by atoms with Crippen LogP contribution in [0.1, 0.15) is 36.5 Å². The fourth-order valence-electron chi connectivity index (χ4n) is 1.78. The van der Waals surface area contributed by atoms with E-state index in [1.165, 1.54) is 0 Å². The first-order valence-corrected chi connectivity index (χ1v) is 8.65. The zero-order chi connectivity index (χ0) is 16.0. The van der Waals surface area contributed by atoms with E-state index >= 15 is 0 Å². The van der Waals surface area contributed by atoms with Crippen LogP contribution in [0.4, 0.5) is 0 Å². The van der Waals surface area contributed by atoms with Crippen molar-refractivity contribution < 1.29 is 19.8 Å². The van der Waals surface area contributed by atoms with Crippen LogP contribution in [0.2, 0.25) is 0 Å². The Morgan fingerprint density at radius 3 is 2.57 bits per heavy atom. The number of hydrogen-bond acceptors (Lipinski definition) is 3. The van der Waals surface area contributed by atoms with E-state index in [2.05, 4.69) is 27.9 Å². The Hall–Kier alpha value is -0.580. The molecule has 3 N–H and O–H groups in total. The van der Waals surface area contributed by atoms with Crippen LogP contribution >= 0.6 is 45.2 Å². The monoisotopic (exact) mass is 517 g/mol. The Morgan fingerprint density at radius 2 is 1.95 bits per heavy atom. The largest absolute Gasteiger partial charge is 0.506 e. The molecule has 21 heavy (non-hydrogen) atoms. The Balaban J connectivity index is 2.49. The first-order valence-electron chi connectivity index (χ1n) is 6.49. The summed E-state index contributed by atoms with van der Waals surface area (Å²) >= 11 is 4.08. The zero-order valence-electron chi connectivity index (χ0n) is 11.5. The smallest absolute Gasteiger partial charge is 0.303 e. The molecule has 1 unspecified atom stereocenters. The van der Waals surface area contributed by atoms with Crippen LogP contribution in [0.3, 0.4) is 0 Å². The maximum atomic E-state index is 12.0. The third kappa shape index (κ3) is 6.37. The molecular formula is C14H17I2NO4. The van der Waals surface area contributed by atoms with Crippen molar-refractivity contribution in [1.82, 2.24) is 5.32 Å². The predicted molar refractivity (Wildman–Crippen MR) is 96.5 cm³/mol. The van der Waals surface area contributed by atoms with Gasteiger partial charge in [0, 0.05) is 16.5 Å². The summed E-state index contributed by atoms with van der Waals surface area (Å²) in [6, 6.07) is 3.43. The minimum atomic E-state index is -0.802. The van der Waals surface area contributed by atoms with E-state index in [1.807, 2.05) is 29.5 Å². The van der Waals surface area contributed by atoms with Gasteiger partial charge in [-0.05, 0) is 76.1 Å². The molecule has 1 amide bonds. The highest BCUT2D eigenvalue weighted by Gasteiger charge is 2.15. The lowest BCUT2D eigenvalue weighted by Gasteiger charge is -2.12. The molecule has 0 bridgehead atoms. The molecule has 5 nitrogen and oxygen atoms in total. The molecule has 0 aromatic heterocycles. The summed E-state index contributed by atoms with van der Waals surface area (Å²) in [6.07, 6.45) is 1.45. The standard InChI is InChI=1S/C14H17I2NO4/c1-8(2-3-12(18)19)4-5-17-14(21)10-6-9(15)7-11(16)13(10)20/h6-8,20H,2-5H2,1H3,(H,17,21)(H,18,19). The molecule has 0 aliphatic heterocycles. The Kier molecular flexibility index (Phi) is 7.71. The minimum Gasteiger partial charge on any atom is -0.506 e. The van der Waals surface area contributed by atoms with Crippen molar-refractivity contribution in [2.24, 2.45) is 5.92 Å². The number of aliphatic carboxylic acids is 1. The van der Waals surface area contributed by atoms with Crippen molar-refractivity contribution in [3.05, 3.63) is 24.8 Å². The fraction of sp³-hybridized carbons (Fsp3) is 0.429. The molecule has 0 spiro atoms. The molecule has 1 rings (SSSR count). The van der Waals surface area contributed by atoms with Crippen LogP contribution in [0.15, 0.2) is 12.1 Å². The molecule has 7 heteroatoms. The number of phenolic OH excluding ortho intramolecular Hbond substituents is 1. The van der Waals surface area contributed by atoms with Gasteiger partial charge in [-0.3, -0.25) is 9.59 Å². The molecule has 0 saturated heterocycles. The van der Waals surface area contributed by atoms with Gasteiger partial charge in [-0.1, -0.05) is 6.92 Å². The predicted octanol–water partition coefficient (Wildman–Crippen LogP) is 3.22. The van der Waals surface area contributed by atoms with E-state index < -0.39 is 5.97 Å². The number of carboxylic acids is 1. The molecule has 0 fully saturated rings. The van der Waals surface area contributed by atoms with Crippen molar-refractivity contribution in [1.29, 1.82) is 0 Å². The zero-order valence-corrected chi connectivity index (χ0v) is 15.8. The lowest BCUT2D eigenvalue weighted by molar-refractivity contribution is -0.137. The first-order chi connectivity index (χ1) is 9.81. The number of carbonyl (C=O) groups excluding carboxylic acids is 1. The van der Waals surface area contributed by atoms with Crippen LogP contribution in [0, 0.1) is 13.1 Å². The second kappa shape index (κ2) is 8.76. The third-order valence-electron chi connectivity index (χ3n) is 3.05. The third-order valence-corrected chi connectivity index (χ3v) is 4.49. The molecular weight excluding hydrogens is 500 g/mol. The fourth-order valence-corrected chi connectivity index (χ4v) is 3.63. The molecule has 0 aliphatic carbocycles. The van der Waals surface area contributed by atoms with E-state index in [-0.39, 0.29) is 29.6 Å². The SMILES string of the molecule is CC(CCNC(=O)c1cc(I)cc(I)c1O)CCC(=O)O. The van der Waals surface area contributed by atoms with Crippen molar-refractivity contribution in [3.8, 4) is 5.75 Å². The van der Waals surface area contributed by atoms with E-state index in [9.17, 15) is 14.7 Å². The van der Waals surface area contributed by atoms with Gasteiger partial charge in [0.1, 0.15) is 5.75 Å². The summed E-state index contributed by atoms with van der Waals surface area (Å²) in [7, 11) is 0. The van der Waals surface area contributed by atoms with E-state index in [0.29, 0.717) is 23.0 Å². The van der Waals surface area contributed by atoms with E-state index in [1.54, 1.807) is 12.1 Å². The molecule has 0 saturated carbocycles. The number of benzene rings is 1. The number of phenols is 1. The average Bonchev–Trinajstić information content (AvgIpc) is 2.40. The highest BCUT2D eigenvalue weighted by Crippen LogP contribution is 2.26. The molecule has 0 heterocycles. The summed E-state index contributed by atoms with van der Waals surface area (Å²) in [5.41, 5.74) is 0.268. The minimum absolute atomic E-state index is 0.00700. The molecule has 0 aliphatic rings. The van der Waals surface area contributed by atoms with E-state index in [4.69, 9.17) is 5.11 Å². The number of nitrogens with one attached hydrogen (secondary N) is 1. The number of hydrogen-bond donors (Lipinski definition) is 3. The van der Waals surface area contributed by atoms with Gasteiger partial charge in [0.15, 0.2) is 0 Å². The van der Waals surface area contributed by atoms with Crippen molar-refractivity contribution >= 4 is 57.1 Å². The molecule has 1 aromatic carbocycles. The number of aromatic hydroxyl groups is 1. The molecule has 0 radical (unpaired) electrons. The van der Waals surface area contributed by atoms with Gasteiger partial charge in [-0.2, -0.15) is 0 Å². The van der Waals surface area contributed by atoms with E-state index in [0.717, 1.165) is 3.57 Å². The van der Waals surface area contributed by atoms with Crippen LogP contribution in [0.25, 0.3) is 0 Å². The van der Waals surface area contributed by atoms with Gasteiger partial charge >= 0.3 is 5.97 Å². The number of amides is 1. The van der Waals surface area contributed by atoms with Crippen molar-refractivity contribution in [2.45, 2.75) is 26.2 Å². The number of halogens is 2. The van der Waals surface area contributed by atoms with Crippen LogP contribution in [-0.4, -0.2) is 28.6 Å². The van der Waals surface area contributed by atoms with Crippen LogP contribution < -0.4 is 5.32 Å². The molecule has 1 atom stereocenters. The van der Waals surface area contributed by atoms with Gasteiger partial charge in [-0.15, -0.1) is 0 Å². The second-order valence-corrected chi connectivity index (χ2v) is 7.27. The summed E-state index contributed by atoms with van der Waals surface area (Å²) in [5.74, 6) is -0.892. The number of carboxylic acid groups (broad SMARTS) is 1. The van der Waals surface area contributed by atoms with Crippen molar-refractivity contribution in [2.75, 3.05) is 6.54 Å². The lowest BCUT2D eigenvalue weighted by atomic mass is 10.0. The van der Waals surface area contributed by atoms with Gasteiger partial charge in [-0.25, -0.2) is 0 Å². The highest BCUT2D eigenvalue weighted by molar-refractivity contribution is 14.1. The maximum Gasteiger partial charge on any atom is 0.303 e. The quantitative estimate of drug-likeness (QED) is 0.486. The summed E-state index contributed by atoms with van der Waals surface area (Å²) < 4.78 is 1.52. The first kappa shape index (κ1) is 18.5. The Labute approximate surface area is 150 Å². The average molecular weight is 517 g/mol. The second-order valence-electron chi connectivity index (χ2n) is 4.87. The Morgan fingerprint density at radius 1 is 1.29 bits per heavy atom. The van der Waals surface area contributed by atoms with Gasteiger partial charge in [0.05, 0.1) is 9.13 Å². The summed E-state index contributed by atoms with van der Waals surface area (Å²) in [6.45, 7) is 2.42. The van der Waals surface area contributed by atoms with Crippen LogP contribution in [0.5, 0.6) is 5.75 Å². The van der Waals surface area contributed by atoms with Gasteiger partial charge < -0.3 is 15.5 Å². The summed E-state index contributed by atoms with van der Waals surface area (Å²) in [5, 5.41) is 21.3. The molecule has 116 valence electrons.